The summed E-state index contributed by atoms with van der Waals surface area (Å²) in [6, 6.07) is 10.0. The van der Waals surface area contributed by atoms with Crippen molar-refractivity contribution in [3.8, 4) is 11.3 Å². The van der Waals surface area contributed by atoms with E-state index in [0.717, 1.165) is 41.3 Å². The number of benzene rings is 1. The van der Waals surface area contributed by atoms with Gasteiger partial charge in [-0.2, -0.15) is 0 Å². The van der Waals surface area contributed by atoms with Crippen LogP contribution >= 0.6 is 35.6 Å². The van der Waals surface area contributed by atoms with Crippen LogP contribution in [0.1, 0.15) is 50.3 Å². The monoisotopic (exact) mass is 514 g/mol. The summed E-state index contributed by atoms with van der Waals surface area (Å²) >= 11 is 13.1. The van der Waals surface area contributed by atoms with Gasteiger partial charge in [-0.1, -0.05) is 54.1 Å². The maximum atomic E-state index is 13.4. The van der Waals surface area contributed by atoms with Crippen molar-refractivity contribution in [1.29, 1.82) is 0 Å². The summed E-state index contributed by atoms with van der Waals surface area (Å²) in [6.45, 7) is 1.78. The van der Waals surface area contributed by atoms with Gasteiger partial charge < -0.3 is 9.72 Å². The lowest BCUT2D eigenvalue weighted by Gasteiger charge is -2.30. The zero-order chi connectivity index (χ0) is 23.8. The summed E-state index contributed by atoms with van der Waals surface area (Å²) in [7, 11) is 0. The van der Waals surface area contributed by atoms with Gasteiger partial charge in [-0.25, -0.2) is 0 Å². The topological polar surface area (TPSA) is 62.4 Å². The molecule has 178 valence electrons. The van der Waals surface area contributed by atoms with E-state index in [2.05, 4.69) is 11.1 Å². The largest absolute Gasteiger partial charge is 0.466 e. The SMILES string of the molecule is CC(=O)OCCCc1cc(-c2ccc(Cl)cc2)[nH]c1C=C1SC(=S)N(C2CC3CCC2C3)C1=O. The van der Waals surface area contributed by atoms with Crippen LogP contribution in [0.4, 0.5) is 0 Å². The fourth-order valence-corrected chi connectivity index (χ4v) is 7.02. The van der Waals surface area contributed by atoms with Gasteiger partial charge in [0.05, 0.1) is 11.5 Å². The Balaban J connectivity index is 1.40. The summed E-state index contributed by atoms with van der Waals surface area (Å²) in [5.41, 5.74) is 3.93. The normalized spacial score (nSPS) is 25.1. The Kier molecular flexibility index (Phi) is 6.87. The molecule has 5 nitrogen and oxygen atoms in total. The Morgan fingerprint density at radius 3 is 2.76 bits per heavy atom. The number of fused-ring (bicyclic) bond motifs is 2. The number of hydrogen-bond donors (Lipinski definition) is 1. The number of aromatic amines is 1. The number of thiocarbonyl (C=S) groups is 1. The van der Waals surface area contributed by atoms with Crippen LogP contribution in [-0.2, 0) is 20.7 Å². The van der Waals surface area contributed by atoms with E-state index in [1.807, 2.05) is 35.2 Å². The molecule has 5 rings (SSSR count). The number of aromatic nitrogens is 1. The van der Waals surface area contributed by atoms with E-state index in [1.165, 1.54) is 37.9 Å². The molecule has 3 atom stereocenters. The van der Waals surface area contributed by atoms with Gasteiger partial charge >= 0.3 is 5.97 Å². The molecule has 1 N–H and O–H groups in total. The number of rotatable bonds is 7. The molecule has 2 bridgehead atoms. The lowest BCUT2D eigenvalue weighted by Crippen LogP contribution is -2.41. The highest BCUT2D eigenvalue weighted by molar-refractivity contribution is 8.26. The second-order valence-electron chi connectivity index (χ2n) is 9.37. The van der Waals surface area contributed by atoms with E-state index in [4.69, 9.17) is 28.6 Å². The van der Waals surface area contributed by atoms with Crippen molar-refractivity contribution in [2.45, 2.75) is 51.5 Å². The van der Waals surface area contributed by atoms with Crippen molar-refractivity contribution in [2.75, 3.05) is 6.61 Å². The lowest BCUT2D eigenvalue weighted by molar-refractivity contribution is -0.141. The van der Waals surface area contributed by atoms with Gasteiger partial charge in [-0.3, -0.25) is 14.5 Å². The number of thioether (sulfide) groups is 1. The summed E-state index contributed by atoms with van der Waals surface area (Å²) in [4.78, 5) is 30.6. The summed E-state index contributed by atoms with van der Waals surface area (Å²) < 4.78 is 5.78. The fourth-order valence-electron chi connectivity index (χ4n) is 5.54. The second-order valence-corrected chi connectivity index (χ2v) is 11.5. The van der Waals surface area contributed by atoms with Crippen LogP contribution in [0, 0.1) is 11.8 Å². The van der Waals surface area contributed by atoms with Gasteiger partial charge in [-0.15, -0.1) is 0 Å². The number of aryl methyl sites for hydroxylation is 1. The minimum absolute atomic E-state index is 0.0288. The molecule has 0 radical (unpaired) electrons. The number of nitrogens with zero attached hydrogens (tertiary/aromatic N) is 1. The number of nitrogens with one attached hydrogen (secondary N) is 1. The first kappa shape index (κ1) is 23.6. The van der Waals surface area contributed by atoms with E-state index in [-0.39, 0.29) is 17.9 Å². The third kappa shape index (κ3) is 4.83. The molecule has 0 spiro atoms. The van der Waals surface area contributed by atoms with E-state index in [0.29, 0.717) is 33.2 Å². The second kappa shape index (κ2) is 9.88. The highest BCUT2D eigenvalue weighted by atomic mass is 35.5. The van der Waals surface area contributed by atoms with Gasteiger partial charge in [0.15, 0.2) is 0 Å². The molecule has 1 aromatic carbocycles. The van der Waals surface area contributed by atoms with Crippen molar-refractivity contribution in [3.63, 3.8) is 0 Å². The van der Waals surface area contributed by atoms with Crippen LogP contribution in [0.15, 0.2) is 35.2 Å². The van der Waals surface area contributed by atoms with Crippen LogP contribution in [0.5, 0.6) is 0 Å². The number of carbonyl (C=O) groups excluding carboxylic acids is 2. The highest BCUT2D eigenvalue weighted by Crippen LogP contribution is 2.49. The Morgan fingerprint density at radius 1 is 1.29 bits per heavy atom. The van der Waals surface area contributed by atoms with Crippen LogP contribution in [0.3, 0.4) is 0 Å². The first-order chi connectivity index (χ1) is 16.4. The Hall–Kier alpha value is -2.09. The number of carbonyl (C=O) groups is 2. The summed E-state index contributed by atoms with van der Waals surface area (Å²) in [6.07, 6.45) is 8.16. The number of H-pyrrole nitrogens is 1. The first-order valence-electron chi connectivity index (χ1n) is 11.8. The molecule has 34 heavy (non-hydrogen) atoms. The van der Waals surface area contributed by atoms with E-state index in [1.54, 1.807) is 0 Å². The minimum atomic E-state index is -0.277. The fraction of sp³-hybridized carbons (Fsp3) is 0.423. The third-order valence-electron chi connectivity index (χ3n) is 7.12. The quantitative estimate of drug-likeness (QED) is 0.206. The van der Waals surface area contributed by atoms with Crippen LogP contribution in [0.25, 0.3) is 17.3 Å². The smallest absolute Gasteiger partial charge is 0.302 e. The Morgan fingerprint density at radius 2 is 2.09 bits per heavy atom. The number of ether oxygens (including phenoxy) is 1. The molecular weight excluding hydrogens is 488 g/mol. The zero-order valence-corrected chi connectivity index (χ0v) is 21.4. The molecule has 3 aliphatic rings. The van der Waals surface area contributed by atoms with Crippen molar-refractivity contribution < 1.29 is 14.3 Å². The molecule has 2 heterocycles. The number of hydrogen-bond acceptors (Lipinski definition) is 5. The predicted molar refractivity (Wildman–Crippen MR) is 140 cm³/mol. The van der Waals surface area contributed by atoms with Crippen molar-refractivity contribution in [2.24, 2.45) is 11.8 Å². The Bertz CT molecular complexity index is 1160. The van der Waals surface area contributed by atoms with Gasteiger partial charge in [0.2, 0.25) is 0 Å². The van der Waals surface area contributed by atoms with Crippen molar-refractivity contribution in [3.05, 3.63) is 51.5 Å². The molecule has 3 fully saturated rings. The van der Waals surface area contributed by atoms with E-state index >= 15 is 0 Å². The molecule has 1 saturated heterocycles. The van der Waals surface area contributed by atoms with Gasteiger partial charge in [0, 0.05) is 29.4 Å². The van der Waals surface area contributed by atoms with Crippen LogP contribution < -0.4 is 0 Å². The maximum Gasteiger partial charge on any atom is 0.302 e. The van der Waals surface area contributed by atoms with Crippen molar-refractivity contribution in [1.82, 2.24) is 9.88 Å². The van der Waals surface area contributed by atoms with E-state index in [9.17, 15) is 9.59 Å². The van der Waals surface area contributed by atoms with Gasteiger partial charge in [0.1, 0.15) is 4.32 Å². The lowest BCUT2D eigenvalue weighted by atomic mass is 9.94. The average Bonchev–Trinajstić information content (AvgIpc) is 3.57. The molecule has 8 heteroatoms. The standard InChI is InChI=1S/C26H27ClN2O3S2/c1-15(30)32-10-2-3-18-13-21(17-6-8-20(27)9-7-17)28-22(18)14-24-25(31)29(26(33)34-24)23-12-16-4-5-19(23)11-16/h6-9,13-14,16,19,23,28H,2-5,10-12H2,1H3. The summed E-state index contributed by atoms with van der Waals surface area (Å²) in [5.74, 6) is 1.09. The molecule has 1 amide bonds. The molecule has 1 aromatic heterocycles. The first-order valence-corrected chi connectivity index (χ1v) is 13.4. The Labute approximate surface area is 214 Å². The molecule has 3 unspecified atom stereocenters. The zero-order valence-electron chi connectivity index (χ0n) is 19.0. The third-order valence-corrected chi connectivity index (χ3v) is 8.70. The van der Waals surface area contributed by atoms with Crippen LogP contribution in [0.2, 0.25) is 5.02 Å². The molecule has 2 aromatic rings. The maximum absolute atomic E-state index is 13.4. The predicted octanol–water partition coefficient (Wildman–Crippen LogP) is 6.22. The van der Waals surface area contributed by atoms with Crippen LogP contribution in [-0.4, -0.2) is 38.7 Å². The van der Waals surface area contributed by atoms with Gasteiger partial charge in [-0.05, 0) is 79.3 Å². The van der Waals surface area contributed by atoms with E-state index < -0.39 is 0 Å². The summed E-state index contributed by atoms with van der Waals surface area (Å²) in [5, 5.41) is 0.682. The number of esters is 1. The molecular formula is C26H27ClN2O3S2. The average molecular weight is 515 g/mol. The number of halogens is 1. The van der Waals surface area contributed by atoms with Gasteiger partial charge in [0.25, 0.3) is 5.91 Å². The highest BCUT2D eigenvalue weighted by Gasteiger charge is 2.48. The molecule has 1 aliphatic heterocycles. The molecule has 2 aliphatic carbocycles. The van der Waals surface area contributed by atoms with Crippen molar-refractivity contribution >= 4 is 57.9 Å². The minimum Gasteiger partial charge on any atom is -0.466 e. The molecule has 2 saturated carbocycles. The number of amides is 1.